The zero-order chi connectivity index (χ0) is 19.5. The van der Waals surface area contributed by atoms with Crippen molar-refractivity contribution in [1.29, 1.82) is 5.41 Å². The molecule has 6 nitrogen and oxygen atoms in total. The summed E-state index contributed by atoms with van der Waals surface area (Å²) in [4.78, 5) is 7.68. The van der Waals surface area contributed by atoms with Crippen LogP contribution < -0.4 is 5.73 Å². The number of halogens is 1. The van der Waals surface area contributed by atoms with Crippen LogP contribution in [0.25, 0.3) is 27.7 Å². The van der Waals surface area contributed by atoms with Crippen LogP contribution in [-0.4, -0.2) is 20.8 Å². The third-order valence-corrected chi connectivity index (χ3v) is 5.06. The molecule has 1 fully saturated rings. The fourth-order valence-corrected chi connectivity index (χ4v) is 3.62. The molecule has 0 atom stereocenters. The number of fused-ring (bicyclic) bond motifs is 1. The fraction of sp³-hybridized carbons (Fsp3) is 0.350. The molecule has 140 valence electrons. The third-order valence-electron chi connectivity index (χ3n) is 5.06. The lowest BCUT2D eigenvalue weighted by Gasteiger charge is -2.12. The first kappa shape index (κ1) is 17.5. The number of nitrogens with two attached hydrogens (primary N) is 1. The van der Waals surface area contributed by atoms with Gasteiger partial charge in [-0.1, -0.05) is 5.16 Å². The number of allylic oxidation sites excluding steroid dienone is 2. The standard InChI is InChI=1S/C20H22FN5O/c1-9(22)16(10(2)23)14-7-13(17-11(3)26-27-12(17)4)8-15-18(14)25-19(24-15)20(21)5-6-20/h7-8,22H,5-6,23H2,1-4H3,(H,24,25)/b16-10+,22-9?. The lowest BCUT2D eigenvalue weighted by molar-refractivity contribution is 0.303. The first-order valence-electron chi connectivity index (χ1n) is 8.90. The van der Waals surface area contributed by atoms with Gasteiger partial charge in [-0.3, -0.25) is 0 Å². The van der Waals surface area contributed by atoms with E-state index in [0.717, 1.165) is 16.8 Å². The van der Waals surface area contributed by atoms with Gasteiger partial charge in [0.25, 0.3) is 0 Å². The molecule has 1 aromatic carbocycles. The predicted molar refractivity (Wildman–Crippen MR) is 103 cm³/mol. The van der Waals surface area contributed by atoms with Crippen LogP contribution in [-0.2, 0) is 5.67 Å². The molecule has 0 aliphatic heterocycles. The van der Waals surface area contributed by atoms with Gasteiger partial charge in [0.2, 0.25) is 0 Å². The van der Waals surface area contributed by atoms with Crippen molar-refractivity contribution in [2.24, 2.45) is 5.73 Å². The number of hydrogen-bond donors (Lipinski definition) is 3. The van der Waals surface area contributed by atoms with E-state index in [4.69, 9.17) is 15.7 Å². The van der Waals surface area contributed by atoms with E-state index in [-0.39, 0.29) is 0 Å². The maximum Gasteiger partial charge on any atom is 0.168 e. The van der Waals surface area contributed by atoms with Gasteiger partial charge in [0.15, 0.2) is 5.67 Å². The van der Waals surface area contributed by atoms with Crippen LogP contribution in [0.15, 0.2) is 22.4 Å². The Morgan fingerprint density at radius 2 is 2.00 bits per heavy atom. The topological polar surface area (TPSA) is 105 Å². The number of nitrogens with zero attached hydrogens (tertiary/aromatic N) is 2. The van der Waals surface area contributed by atoms with Crippen LogP contribution in [0.4, 0.5) is 4.39 Å². The van der Waals surface area contributed by atoms with E-state index in [1.807, 2.05) is 26.0 Å². The summed E-state index contributed by atoms with van der Waals surface area (Å²) in [5.74, 6) is 1.04. The molecule has 1 saturated carbocycles. The maximum absolute atomic E-state index is 14.6. The van der Waals surface area contributed by atoms with Crippen LogP contribution in [0.2, 0.25) is 0 Å². The second kappa shape index (κ2) is 5.77. The van der Waals surface area contributed by atoms with Gasteiger partial charge in [0.05, 0.1) is 16.7 Å². The highest BCUT2D eigenvalue weighted by molar-refractivity contribution is 6.24. The predicted octanol–water partition coefficient (Wildman–Crippen LogP) is 4.52. The Hall–Kier alpha value is -2.96. The Balaban J connectivity index is 2.05. The molecule has 4 rings (SSSR count). The Kier molecular flexibility index (Phi) is 3.73. The van der Waals surface area contributed by atoms with E-state index in [2.05, 4.69) is 15.1 Å². The number of rotatable bonds is 4. The van der Waals surface area contributed by atoms with Crippen molar-refractivity contribution in [3.05, 3.63) is 40.7 Å². The van der Waals surface area contributed by atoms with Crippen molar-refractivity contribution in [2.75, 3.05) is 0 Å². The highest BCUT2D eigenvalue weighted by atomic mass is 19.1. The number of H-pyrrole nitrogens is 1. The Morgan fingerprint density at radius 3 is 2.52 bits per heavy atom. The smallest absolute Gasteiger partial charge is 0.168 e. The average molecular weight is 367 g/mol. The molecule has 3 aromatic rings. The van der Waals surface area contributed by atoms with Crippen LogP contribution in [0, 0.1) is 19.3 Å². The number of benzene rings is 1. The maximum atomic E-state index is 14.6. The van der Waals surface area contributed by atoms with Crippen molar-refractivity contribution in [2.45, 2.75) is 46.2 Å². The Morgan fingerprint density at radius 1 is 1.30 bits per heavy atom. The van der Waals surface area contributed by atoms with Crippen LogP contribution in [0.5, 0.6) is 0 Å². The van der Waals surface area contributed by atoms with Crippen LogP contribution in [0.3, 0.4) is 0 Å². The molecule has 4 N–H and O–H groups in total. The van der Waals surface area contributed by atoms with Gasteiger partial charge in [-0.15, -0.1) is 0 Å². The number of aryl methyl sites for hydroxylation is 2. The zero-order valence-electron chi connectivity index (χ0n) is 15.8. The quantitative estimate of drug-likeness (QED) is 0.589. The van der Waals surface area contributed by atoms with Gasteiger partial charge < -0.3 is 20.7 Å². The number of imidazole rings is 1. The second-order valence-electron chi connectivity index (χ2n) is 7.35. The molecule has 2 heterocycles. The minimum Gasteiger partial charge on any atom is -0.402 e. The Bertz CT molecular complexity index is 1090. The van der Waals surface area contributed by atoms with E-state index in [1.54, 1.807) is 13.8 Å². The molecule has 27 heavy (non-hydrogen) atoms. The molecule has 1 aliphatic rings. The summed E-state index contributed by atoms with van der Waals surface area (Å²) in [5, 5.41) is 12.2. The summed E-state index contributed by atoms with van der Waals surface area (Å²) in [6.45, 7) is 7.17. The molecule has 0 spiro atoms. The summed E-state index contributed by atoms with van der Waals surface area (Å²) in [6.07, 6.45) is 0.947. The summed E-state index contributed by atoms with van der Waals surface area (Å²) in [6, 6.07) is 3.86. The van der Waals surface area contributed by atoms with Gasteiger partial charge in [-0.2, -0.15) is 0 Å². The van der Waals surface area contributed by atoms with Gasteiger partial charge in [-0.05, 0) is 58.2 Å². The van der Waals surface area contributed by atoms with Gasteiger partial charge >= 0.3 is 0 Å². The first-order valence-corrected chi connectivity index (χ1v) is 8.90. The number of aromatic amines is 1. The minimum absolute atomic E-state index is 0.332. The van der Waals surface area contributed by atoms with E-state index >= 15 is 0 Å². The molecule has 0 amide bonds. The molecule has 7 heteroatoms. The highest BCUT2D eigenvalue weighted by Gasteiger charge is 2.48. The molecule has 2 aromatic heterocycles. The second-order valence-corrected chi connectivity index (χ2v) is 7.35. The van der Waals surface area contributed by atoms with Crippen molar-refractivity contribution in [3.8, 4) is 11.1 Å². The fourth-order valence-electron chi connectivity index (χ4n) is 3.62. The molecule has 0 unspecified atom stereocenters. The third kappa shape index (κ3) is 2.74. The summed E-state index contributed by atoms with van der Waals surface area (Å²) < 4.78 is 19.9. The largest absolute Gasteiger partial charge is 0.402 e. The minimum atomic E-state index is -1.37. The van der Waals surface area contributed by atoms with Crippen molar-refractivity contribution < 1.29 is 8.91 Å². The van der Waals surface area contributed by atoms with Gasteiger partial charge in [0.1, 0.15) is 11.6 Å². The highest BCUT2D eigenvalue weighted by Crippen LogP contribution is 2.49. The van der Waals surface area contributed by atoms with Crippen LogP contribution >= 0.6 is 0 Å². The molecular weight excluding hydrogens is 345 g/mol. The lowest BCUT2D eigenvalue weighted by atomic mass is 9.94. The van der Waals surface area contributed by atoms with Crippen molar-refractivity contribution >= 4 is 22.3 Å². The Labute approximate surface area is 156 Å². The normalized spacial score (nSPS) is 16.5. The number of hydrogen-bond acceptors (Lipinski definition) is 5. The van der Waals surface area contributed by atoms with Gasteiger partial charge in [-0.25, -0.2) is 9.37 Å². The summed E-state index contributed by atoms with van der Waals surface area (Å²) in [7, 11) is 0. The lowest BCUT2D eigenvalue weighted by Crippen LogP contribution is -2.06. The van der Waals surface area contributed by atoms with Crippen molar-refractivity contribution in [3.63, 3.8) is 0 Å². The molecule has 0 saturated heterocycles. The van der Waals surface area contributed by atoms with Gasteiger partial charge in [0, 0.05) is 28.1 Å². The summed E-state index contributed by atoms with van der Waals surface area (Å²) >= 11 is 0. The first-order chi connectivity index (χ1) is 12.7. The molecule has 0 radical (unpaired) electrons. The monoisotopic (exact) mass is 367 g/mol. The number of nitrogens with one attached hydrogen (secondary N) is 2. The molecular formula is C20H22FN5O. The van der Waals surface area contributed by atoms with E-state index < -0.39 is 5.67 Å². The zero-order valence-corrected chi connectivity index (χ0v) is 15.8. The molecule has 1 aliphatic carbocycles. The number of alkyl halides is 1. The summed E-state index contributed by atoms with van der Waals surface area (Å²) in [5.41, 5.74) is 10.7. The van der Waals surface area contributed by atoms with Crippen LogP contribution in [0.1, 0.15) is 49.5 Å². The SMILES string of the molecule is CC(=N)/C(=C(/C)N)c1cc(-c2c(C)noc2C)cc2[nH]c(C3(F)CC3)nc12. The van der Waals surface area contributed by atoms with Crippen molar-refractivity contribution in [1.82, 2.24) is 15.1 Å². The molecule has 0 bridgehead atoms. The average Bonchev–Trinajstić information content (AvgIpc) is 3.02. The van der Waals surface area contributed by atoms with E-state index in [9.17, 15) is 4.39 Å². The van der Waals surface area contributed by atoms with E-state index in [0.29, 0.717) is 58.0 Å². The van der Waals surface area contributed by atoms with E-state index in [1.165, 1.54) is 0 Å². The number of aromatic nitrogens is 3.